The molecule has 1 aromatic carbocycles. The summed E-state index contributed by atoms with van der Waals surface area (Å²) in [6, 6.07) is 12.7. The number of alkyl halides is 2. The summed E-state index contributed by atoms with van der Waals surface area (Å²) in [5, 5.41) is 17.0. The molecule has 11 heteroatoms. The van der Waals surface area contributed by atoms with Crippen molar-refractivity contribution in [2.45, 2.75) is 32.0 Å². The van der Waals surface area contributed by atoms with Gasteiger partial charge in [0.15, 0.2) is 0 Å². The minimum absolute atomic E-state index is 0.0396. The number of methoxy groups -OCH3 is 1. The summed E-state index contributed by atoms with van der Waals surface area (Å²) in [4.78, 5) is 21.8. The number of nitrogens with zero attached hydrogens (tertiary/aromatic N) is 5. The summed E-state index contributed by atoms with van der Waals surface area (Å²) >= 11 is 0. The van der Waals surface area contributed by atoms with Crippen LogP contribution in [0.15, 0.2) is 48.8 Å². The zero-order valence-electron chi connectivity index (χ0n) is 20.0. The highest BCUT2D eigenvalue weighted by atomic mass is 19.3. The molecule has 9 nitrogen and oxygen atoms in total. The van der Waals surface area contributed by atoms with Gasteiger partial charge in [0, 0.05) is 23.3 Å². The van der Waals surface area contributed by atoms with E-state index in [1.165, 1.54) is 13.3 Å². The number of rotatable bonds is 6. The molecule has 0 fully saturated rings. The van der Waals surface area contributed by atoms with Crippen molar-refractivity contribution in [1.29, 1.82) is 5.26 Å². The van der Waals surface area contributed by atoms with E-state index in [0.717, 1.165) is 16.5 Å². The number of ether oxygens (including phenoxy) is 2. The second-order valence-electron chi connectivity index (χ2n) is 8.87. The van der Waals surface area contributed by atoms with Gasteiger partial charge in [0.1, 0.15) is 5.41 Å². The van der Waals surface area contributed by atoms with Crippen molar-refractivity contribution in [2.75, 3.05) is 13.7 Å². The number of hydrogen-bond donors (Lipinski definition) is 1. The molecule has 0 saturated carbocycles. The topological polar surface area (TPSA) is 115 Å². The number of pyridine rings is 2. The van der Waals surface area contributed by atoms with Crippen LogP contribution >= 0.6 is 0 Å². The lowest BCUT2D eigenvalue weighted by Crippen LogP contribution is -2.33. The Bertz CT molecular complexity index is 1550. The van der Waals surface area contributed by atoms with Crippen LogP contribution in [0.25, 0.3) is 22.2 Å². The molecule has 0 radical (unpaired) electrons. The fourth-order valence-electron chi connectivity index (χ4n) is 4.27. The lowest BCUT2D eigenvalue weighted by Gasteiger charge is -2.30. The first-order valence-electron chi connectivity index (χ1n) is 11.4. The third-order valence-corrected chi connectivity index (χ3v) is 6.29. The Morgan fingerprint density at radius 3 is 2.92 bits per heavy atom. The van der Waals surface area contributed by atoms with Gasteiger partial charge in [-0.15, -0.1) is 5.10 Å². The third-order valence-electron chi connectivity index (χ3n) is 6.29. The fourth-order valence-corrected chi connectivity index (χ4v) is 4.27. The maximum atomic E-state index is 13.1. The number of nitrogens with one attached hydrogen (secondary N) is 1. The maximum Gasteiger partial charge on any atom is 0.333 e. The van der Waals surface area contributed by atoms with Crippen molar-refractivity contribution >= 4 is 16.8 Å². The largest absolute Gasteiger partial charge is 0.479 e. The normalized spacial score (nSPS) is 16.9. The molecular formula is C26H22F2N6O3. The van der Waals surface area contributed by atoms with Gasteiger partial charge >= 0.3 is 6.55 Å². The summed E-state index contributed by atoms with van der Waals surface area (Å²) in [7, 11) is 1.35. The molecule has 4 aromatic rings. The van der Waals surface area contributed by atoms with Crippen molar-refractivity contribution in [1.82, 2.24) is 25.1 Å². The van der Waals surface area contributed by atoms with Crippen LogP contribution in [0.4, 0.5) is 8.78 Å². The highest BCUT2D eigenvalue weighted by molar-refractivity contribution is 5.94. The highest BCUT2D eigenvalue weighted by Gasteiger charge is 2.33. The molecule has 1 amide bonds. The van der Waals surface area contributed by atoms with Gasteiger partial charge in [-0.1, -0.05) is 6.07 Å². The number of halogens is 2. The average molecular weight is 504 g/mol. The Kier molecular flexibility index (Phi) is 6.27. The zero-order chi connectivity index (χ0) is 26.2. The number of benzene rings is 1. The highest BCUT2D eigenvalue weighted by Crippen LogP contribution is 2.33. The Labute approximate surface area is 210 Å². The van der Waals surface area contributed by atoms with E-state index < -0.39 is 12.0 Å². The molecule has 0 saturated heterocycles. The third kappa shape index (κ3) is 4.59. The molecule has 188 valence electrons. The smallest absolute Gasteiger partial charge is 0.333 e. The van der Waals surface area contributed by atoms with Gasteiger partial charge in [0.2, 0.25) is 5.88 Å². The Morgan fingerprint density at radius 2 is 2.16 bits per heavy atom. The minimum Gasteiger partial charge on any atom is -0.479 e. The maximum absolute atomic E-state index is 13.1. The molecule has 1 atom stereocenters. The Balaban J connectivity index is 1.36. The zero-order valence-corrected chi connectivity index (χ0v) is 20.0. The van der Waals surface area contributed by atoms with Gasteiger partial charge in [-0.25, -0.2) is 9.67 Å². The van der Waals surface area contributed by atoms with Crippen LogP contribution in [-0.4, -0.2) is 39.4 Å². The van der Waals surface area contributed by atoms with E-state index in [2.05, 4.69) is 26.5 Å². The molecule has 0 bridgehead atoms. The van der Waals surface area contributed by atoms with Crippen LogP contribution < -0.4 is 10.1 Å². The Morgan fingerprint density at radius 1 is 1.32 bits per heavy atom. The summed E-state index contributed by atoms with van der Waals surface area (Å²) in [5.41, 5.74) is 3.18. The SMILES string of the molecule is COc1nn(C(F)F)cc1-c1ccc2cnc(CNC(=O)c3ccc4c(c3)[C@](C)(C#N)COC4)cc2n1. The lowest BCUT2D eigenvalue weighted by molar-refractivity contribution is 0.0554. The molecule has 1 aliphatic heterocycles. The van der Waals surface area contributed by atoms with E-state index in [1.807, 2.05) is 6.07 Å². The first kappa shape index (κ1) is 24.3. The van der Waals surface area contributed by atoms with Gasteiger partial charge in [-0.3, -0.25) is 9.78 Å². The van der Waals surface area contributed by atoms with Gasteiger partial charge in [0.25, 0.3) is 5.91 Å². The number of carbonyl (C=O) groups excluding carboxylic acids is 1. The minimum atomic E-state index is -2.81. The number of carbonyl (C=O) groups is 1. The molecule has 4 heterocycles. The van der Waals surface area contributed by atoms with Gasteiger partial charge < -0.3 is 14.8 Å². The number of fused-ring (bicyclic) bond motifs is 2. The molecule has 37 heavy (non-hydrogen) atoms. The summed E-state index contributed by atoms with van der Waals surface area (Å²) < 4.78 is 37.4. The van der Waals surface area contributed by atoms with Crippen molar-refractivity contribution in [3.05, 3.63) is 71.2 Å². The number of aromatic nitrogens is 4. The summed E-state index contributed by atoms with van der Waals surface area (Å²) in [6.07, 6.45) is 2.81. The van der Waals surface area contributed by atoms with Crippen LogP contribution in [0.3, 0.4) is 0 Å². The van der Waals surface area contributed by atoms with Gasteiger partial charge in [-0.05, 0) is 48.4 Å². The van der Waals surface area contributed by atoms with Crippen LogP contribution in [-0.2, 0) is 23.3 Å². The lowest BCUT2D eigenvalue weighted by atomic mass is 9.79. The second kappa shape index (κ2) is 9.55. The molecule has 3 aromatic heterocycles. The van der Waals surface area contributed by atoms with Gasteiger partial charge in [0.05, 0.1) is 55.4 Å². The molecule has 0 unspecified atom stereocenters. The number of hydrogen-bond acceptors (Lipinski definition) is 7. The molecule has 0 aliphatic carbocycles. The summed E-state index contributed by atoms with van der Waals surface area (Å²) in [6.45, 7) is -0.199. The van der Waals surface area contributed by atoms with Crippen molar-refractivity contribution in [3.8, 4) is 23.2 Å². The average Bonchev–Trinajstić information content (AvgIpc) is 3.36. The monoisotopic (exact) mass is 504 g/mol. The van der Waals surface area contributed by atoms with Crippen molar-refractivity contribution < 1.29 is 23.0 Å². The molecule has 1 N–H and O–H groups in total. The number of nitriles is 1. The Hall–Kier alpha value is -4.43. The first-order valence-corrected chi connectivity index (χ1v) is 11.4. The van der Waals surface area contributed by atoms with Crippen LogP contribution in [0.2, 0.25) is 0 Å². The van der Waals surface area contributed by atoms with E-state index in [9.17, 15) is 18.8 Å². The molecule has 0 spiro atoms. The van der Waals surface area contributed by atoms with E-state index in [4.69, 9.17) is 9.47 Å². The predicted octanol–water partition coefficient (Wildman–Crippen LogP) is 4.14. The molecular weight excluding hydrogens is 482 g/mol. The molecule has 1 aliphatic rings. The standard InChI is InChI=1S/C26H22F2N6O3/c1-26(13-29)14-37-12-17-4-3-15(7-20(17)26)23(35)31-10-18-8-22-16(9-30-18)5-6-21(32-22)19-11-34(25(27)28)33-24(19)36-2/h3-9,11,25H,10,12,14H2,1-2H3,(H,31,35)/t26-/m1/s1. The quantitative estimate of drug-likeness (QED) is 0.420. The second-order valence-corrected chi connectivity index (χ2v) is 8.87. The van der Waals surface area contributed by atoms with Crippen molar-refractivity contribution in [3.63, 3.8) is 0 Å². The summed E-state index contributed by atoms with van der Waals surface area (Å²) in [5.74, 6) is -0.264. The van der Waals surface area contributed by atoms with E-state index in [1.54, 1.807) is 43.5 Å². The first-order chi connectivity index (χ1) is 17.8. The van der Waals surface area contributed by atoms with E-state index in [0.29, 0.717) is 39.3 Å². The van der Waals surface area contributed by atoms with Crippen molar-refractivity contribution in [2.24, 2.45) is 0 Å². The van der Waals surface area contributed by atoms with Crippen LogP contribution in [0.1, 0.15) is 40.7 Å². The van der Waals surface area contributed by atoms with Crippen LogP contribution in [0.5, 0.6) is 5.88 Å². The van der Waals surface area contributed by atoms with E-state index in [-0.39, 0.29) is 24.9 Å². The molecule has 5 rings (SSSR count). The van der Waals surface area contributed by atoms with E-state index >= 15 is 0 Å². The van der Waals surface area contributed by atoms with Gasteiger partial charge in [-0.2, -0.15) is 14.0 Å². The predicted molar refractivity (Wildman–Crippen MR) is 129 cm³/mol. The fraction of sp³-hybridized carbons (Fsp3) is 0.269. The van der Waals surface area contributed by atoms with Crippen LogP contribution in [0, 0.1) is 11.3 Å². The number of amides is 1.